The molecule has 0 unspecified atom stereocenters. The lowest BCUT2D eigenvalue weighted by molar-refractivity contribution is -0.00931. The number of rotatable bonds is 17. The van der Waals surface area contributed by atoms with E-state index in [9.17, 15) is 4.79 Å². The SMILES string of the molecule is C=CCOCCOCCOCCOCCOCCNC(=O)OC(C)(C)C. The molecule has 0 rings (SSSR count). The van der Waals surface area contributed by atoms with E-state index in [1.807, 2.05) is 20.8 Å². The zero-order chi connectivity index (χ0) is 19.5. The van der Waals surface area contributed by atoms with Gasteiger partial charge in [-0.1, -0.05) is 6.08 Å². The number of hydrogen-bond donors (Lipinski definition) is 1. The minimum Gasteiger partial charge on any atom is -0.444 e. The molecule has 1 N–H and O–H groups in total. The van der Waals surface area contributed by atoms with Crippen LogP contribution >= 0.6 is 0 Å². The highest BCUT2D eigenvalue weighted by Crippen LogP contribution is 2.05. The molecule has 0 saturated carbocycles. The van der Waals surface area contributed by atoms with Crippen LogP contribution in [0.2, 0.25) is 0 Å². The maximum Gasteiger partial charge on any atom is 0.407 e. The first kappa shape index (κ1) is 24.8. The van der Waals surface area contributed by atoms with E-state index in [0.29, 0.717) is 72.6 Å². The van der Waals surface area contributed by atoms with E-state index in [-0.39, 0.29) is 0 Å². The molecule has 1 amide bonds. The average Bonchev–Trinajstić information content (AvgIpc) is 2.56. The number of alkyl carbamates (subject to hydrolysis) is 1. The number of hydrogen-bond acceptors (Lipinski definition) is 7. The fourth-order valence-electron chi connectivity index (χ4n) is 1.59. The molecular weight excluding hydrogens is 342 g/mol. The van der Waals surface area contributed by atoms with Crippen LogP contribution in [0.15, 0.2) is 12.7 Å². The monoisotopic (exact) mass is 377 g/mol. The van der Waals surface area contributed by atoms with Gasteiger partial charge in [0.05, 0.1) is 66.1 Å². The third kappa shape index (κ3) is 20.9. The lowest BCUT2D eigenvalue weighted by Crippen LogP contribution is -2.34. The summed E-state index contributed by atoms with van der Waals surface area (Å²) in [4.78, 5) is 11.4. The fraction of sp³-hybridized carbons (Fsp3) is 0.833. The van der Waals surface area contributed by atoms with Crippen molar-refractivity contribution in [2.45, 2.75) is 26.4 Å². The van der Waals surface area contributed by atoms with E-state index in [0.717, 1.165) is 0 Å². The average molecular weight is 377 g/mol. The van der Waals surface area contributed by atoms with Gasteiger partial charge in [0, 0.05) is 6.54 Å². The van der Waals surface area contributed by atoms with Gasteiger partial charge in [-0.25, -0.2) is 4.79 Å². The molecule has 0 saturated heterocycles. The Morgan fingerprint density at radius 3 is 1.65 bits per heavy atom. The summed E-state index contributed by atoms with van der Waals surface area (Å²) in [7, 11) is 0. The van der Waals surface area contributed by atoms with Crippen LogP contribution in [0.5, 0.6) is 0 Å². The Morgan fingerprint density at radius 1 is 0.808 bits per heavy atom. The maximum atomic E-state index is 11.4. The number of carbonyl (C=O) groups is 1. The summed E-state index contributed by atoms with van der Waals surface area (Å²) in [6.07, 6.45) is 1.26. The second kappa shape index (κ2) is 17.2. The van der Waals surface area contributed by atoms with Gasteiger partial charge in [-0.05, 0) is 20.8 Å². The Bertz CT molecular complexity index is 345. The third-order valence-electron chi connectivity index (χ3n) is 2.64. The highest BCUT2D eigenvalue weighted by atomic mass is 16.6. The Kier molecular flexibility index (Phi) is 16.4. The highest BCUT2D eigenvalue weighted by molar-refractivity contribution is 5.67. The summed E-state index contributed by atoms with van der Waals surface area (Å²) in [6, 6.07) is 0. The molecule has 0 heterocycles. The van der Waals surface area contributed by atoms with Gasteiger partial charge in [0.15, 0.2) is 0 Å². The van der Waals surface area contributed by atoms with E-state index >= 15 is 0 Å². The first-order valence-corrected chi connectivity index (χ1v) is 8.92. The maximum absolute atomic E-state index is 11.4. The second-order valence-corrected chi connectivity index (χ2v) is 6.24. The molecule has 0 aromatic heterocycles. The van der Waals surface area contributed by atoms with E-state index in [1.54, 1.807) is 6.08 Å². The van der Waals surface area contributed by atoms with Gasteiger partial charge in [-0.3, -0.25) is 0 Å². The van der Waals surface area contributed by atoms with Gasteiger partial charge in [0.25, 0.3) is 0 Å². The normalized spacial score (nSPS) is 11.3. The molecule has 26 heavy (non-hydrogen) atoms. The number of amides is 1. The van der Waals surface area contributed by atoms with Crippen LogP contribution in [-0.4, -0.2) is 84.3 Å². The Morgan fingerprint density at radius 2 is 1.23 bits per heavy atom. The summed E-state index contributed by atoms with van der Waals surface area (Å²) >= 11 is 0. The lowest BCUT2D eigenvalue weighted by atomic mass is 10.2. The zero-order valence-electron chi connectivity index (χ0n) is 16.4. The summed E-state index contributed by atoms with van der Waals surface area (Å²) < 4.78 is 31.7. The molecule has 0 atom stereocenters. The molecule has 8 heteroatoms. The molecule has 0 aromatic carbocycles. The topological polar surface area (TPSA) is 84.5 Å². The van der Waals surface area contributed by atoms with Crippen molar-refractivity contribution in [3.63, 3.8) is 0 Å². The van der Waals surface area contributed by atoms with Gasteiger partial charge in [0.1, 0.15) is 5.60 Å². The summed E-state index contributed by atoms with van der Waals surface area (Å²) in [5.74, 6) is 0. The van der Waals surface area contributed by atoms with Crippen molar-refractivity contribution in [2.24, 2.45) is 0 Å². The van der Waals surface area contributed by atoms with E-state index in [4.69, 9.17) is 28.4 Å². The van der Waals surface area contributed by atoms with Crippen molar-refractivity contribution in [3.8, 4) is 0 Å². The first-order valence-electron chi connectivity index (χ1n) is 8.92. The van der Waals surface area contributed by atoms with Crippen LogP contribution in [-0.2, 0) is 28.4 Å². The summed E-state index contributed by atoms with van der Waals surface area (Å²) in [6.45, 7) is 14.5. The molecule has 0 aliphatic carbocycles. The van der Waals surface area contributed by atoms with Gasteiger partial charge < -0.3 is 33.7 Å². The van der Waals surface area contributed by atoms with E-state index in [2.05, 4.69) is 11.9 Å². The zero-order valence-corrected chi connectivity index (χ0v) is 16.4. The number of nitrogens with one attached hydrogen (secondary N) is 1. The largest absolute Gasteiger partial charge is 0.444 e. The molecule has 0 fully saturated rings. The highest BCUT2D eigenvalue weighted by Gasteiger charge is 2.15. The van der Waals surface area contributed by atoms with Crippen LogP contribution in [0, 0.1) is 0 Å². The Labute approximate surface area is 157 Å². The standard InChI is InChI=1S/C18H35NO7/c1-5-7-21-9-11-23-13-15-25-16-14-24-12-10-22-8-6-19-17(20)26-18(2,3)4/h5H,1,6-16H2,2-4H3,(H,19,20). The first-order chi connectivity index (χ1) is 12.5. The molecule has 0 aliphatic rings. The van der Waals surface area contributed by atoms with Crippen molar-refractivity contribution in [3.05, 3.63) is 12.7 Å². The molecule has 0 bridgehead atoms. The predicted octanol–water partition coefficient (Wildman–Crippen LogP) is 1.78. The molecule has 0 aliphatic heterocycles. The van der Waals surface area contributed by atoms with Crippen LogP contribution in [0.25, 0.3) is 0 Å². The Hall–Kier alpha value is -1.19. The minimum atomic E-state index is -0.493. The Balaban J connectivity index is 3.13. The van der Waals surface area contributed by atoms with E-state index < -0.39 is 11.7 Å². The quantitative estimate of drug-likeness (QED) is 0.305. The number of ether oxygens (including phenoxy) is 6. The minimum absolute atomic E-state index is 0.399. The van der Waals surface area contributed by atoms with Crippen LogP contribution in [0.3, 0.4) is 0 Å². The third-order valence-corrected chi connectivity index (χ3v) is 2.64. The molecule has 8 nitrogen and oxygen atoms in total. The fourth-order valence-corrected chi connectivity index (χ4v) is 1.59. The van der Waals surface area contributed by atoms with Crippen molar-refractivity contribution in [1.29, 1.82) is 0 Å². The van der Waals surface area contributed by atoms with Crippen molar-refractivity contribution in [2.75, 3.05) is 72.6 Å². The van der Waals surface area contributed by atoms with Gasteiger partial charge in [-0.2, -0.15) is 0 Å². The van der Waals surface area contributed by atoms with Crippen LogP contribution in [0.4, 0.5) is 4.79 Å². The smallest absolute Gasteiger partial charge is 0.407 e. The molecule has 0 spiro atoms. The van der Waals surface area contributed by atoms with E-state index in [1.165, 1.54) is 0 Å². The van der Waals surface area contributed by atoms with Crippen molar-refractivity contribution in [1.82, 2.24) is 5.32 Å². The number of carbonyl (C=O) groups excluding carboxylic acids is 1. The summed E-state index contributed by atoms with van der Waals surface area (Å²) in [5.41, 5.74) is -0.493. The second-order valence-electron chi connectivity index (χ2n) is 6.24. The molecular formula is C18H35NO7. The van der Waals surface area contributed by atoms with Gasteiger partial charge >= 0.3 is 6.09 Å². The summed E-state index contributed by atoms with van der Waals surface area (Å²) in [5, 5.41) is 2.62. The lowest BCUT2D eigenvalue weighted by Gasteiger charge is -2.19. The van der Waals surface area contributed by atoms with Crippen molar-refractivity contribution < 1.29 is 33.2 Å². The predicted molar refractivity (Wildman–Crippen MR) is 98.5 cm³/mol. The van der Waals surface area contributed by atoms with Crippen LogP contribution in [0.1, 0.15) is 20.8 Å². The van der Waals surface area contributed by atoms with Crippen molar-refractivity contribution >= 4 is 6.09 Å². The molecule has 154 valence electrons. The van der Waals surface area contributed by atoms with Gasteiger partial charge in [0.2, 0.25) is 0 Å². The molecule has 0 aromatic rings. The van der Waals surface area contributed by atoms with Gasteiger partial charge in [-0.15, -0.1) is 6.58 Å². The molecule has 0 radical (unpaired) electrons. The van der Waals surface area contributed by atoms with Crippen LogP contribution < -0.4 is 5.32 Å².